The van der Waals surface area contributed by atoms with Crippen LogP contribution in [0.15, 0.2) is 51.6 Å². The Labute approximate surface area is 167 Å². The van der Waals surface area contributed by atoms with Gasteiger partial charge in [0.2, 0.25) is 0 Å². The number of benzene rings is 1. The van der Waals surface area contributed by atoms with Gasteiger partial charge in [-0.15, -0.1) is 22.7 Å². The second kappa shape index (κ2) is 7.26. The van der Waals surface area contributed by atoms with Crippen LogP contribution < -0.4 is 9.47 Å². The quantitative estimate of drug-likeness (QED) is 0.390. The average molecular weight is 447 g/mol. The molecule has 3 heterocycles. The fraction of sp³-hybridized carbons (Fsp3) is 0.105. The molecular formula is C19H15BrN2O2S2. The van der Waals surface area contributed by atoms with Gasteiger partial charge in [0, 0.05) is 6.07 Å². The summed E-state index contributed by atoms with van der Waals surface area (Å²) in [5.74, 6) is 2.18. The van der Waals surface area contributed by atoms with Crippen molar-refractivity contribution >= 4 is 38.6 Å². The summed E-state index contributed by atoms with van der Waals surface area (Å²) < 4.78 is 11.8. The molecule has 1 N–H and O–H groups in total. The molecule has 132 valence electrons. The van der Waals surface area contributed by atoms with Gasteiger partial charge in [-0.1, -0.05) is 12.1 Å². The van der Waals surface area contributed by atoms with Crippen molar-refractivity contribution < 1.29 is 9.47 Å². The number of nitrogens with zero attached hydrogens (tertiary/aromatic N) is 1. The summed E-state index contributed by atoms with van der Waals surface area (Å²) in [6.07, 6.45) is 0. The normalized spacial score (nSPS) is 10.9. The van der Waals surface area contributed by atoms with Crippen LogP contribution in [-0.4, -0.2) is 24.2 Å². The molecule has 4 nitrogen and oxygen atoms in total. The smallest absolute Gasteiger partial charge is 0.142 e. The summed E-state index contributed by atoms with van der Waals surface area (Å²) >= 11 is 6.92. The first kappa shape index (κ1) is 17.3. The van der Waals surface area contributed by atoms with E-state index in [0.29, 0.717) is 11.5 Å². The minimum absolute atomic E-state index is 0.703. The molecule has 4 aromatic rings. The molecule has 0 aliphatic heterocycles. The van der Waals surface area contributed by atoms with Gasteiger partial charge < -0.3 is 14.5 Å². The maximum absolute atomic E-state index is 5.57. The van der Waals surface area contributed by atoms with Crippen molar-refractivity contribution in [3.8, 4) is 44.0 Å². The molecule has 0 aliphatic rings. The number of hydrogen-bond donors (Lipinski definition) is 1. The zero-order chi connectivity index (χ0) is 18.1. The van der Waals surface area contributed by atoms with Crippen molar-refractivity contribution in [1.82, 2.24) is 9.97 Å². The Balaban J connectivity index is 1.91. The predicted molar refractivity (Wildman–Crippen MR) is 111 cm³/mol. The minimum atomic E-state index is 0.703. The fourth-order valence-corrected chi connectivity index (χ4v) is 4.69. The van der Waals surface area contributed by atoms with Crippen LogP contribution in [0, 0.1) is 0 Å². The van der Waals surface area contributed by atoms with Gasteiger partial charge in [0.05, 0.1) is 39.7 Å². The van der Waals surface area contributed by atoms with Crippen molar-refractivity contribution in [3.05, 3.63) is 51.6 Å². The van der Waals surface area contributed by atoms with Gasteiger partial charge in [0.25, 0.3) is 0 Å². The average Bonchev–Trinajstić information content (AvgIpc) is 3.41. The van der Waals surface area contributed by atoms with Crippen LogP contribution in [0.4, 0.5) is 0 Å². The lowest BCUT2D eigenvalue weighted by Crippen LogP contribution is -1.93. The van der Waals surface area contributed by atoms with E-state index in [1.165, 1.54) is 0 Å². The van der Waals surface area contributed by atoms with E-state index >= 15 is 0 Å². The Kier molecular flexibility index (Phi) is 4.84. The standard InChI is InChI=1S/C19H15BrN2O2S2/c1-23-13-10-14(24-2)12(20)9-11(13)19-21-17(15-5-3-7-25-15)18(22-19)16-6-4-8-26-16/h3-10H,1-2H3,(H,21,22). The molecule has 0 fully saturated rings. The largest absolute Gasteiger partial charge is 0.496 e. The van der Waals surface area contributed by atoms with Crippen molar-refractivity contribution in [3.63, 3.8) is 0 Å². The number of H-pyrrole nitrogens is 1. The number of aromatic nitrogens is 2. The van der Waals surface area contributed by atoms with Crippen LogP contribution in [0.5, 0.6) is 11.5 Å². The monoisotopic (exact) mass is 446 g/mol. The van der Waals surface area contributed by atoms with Crippen molar-refractivity contribution in [1.29, 1.82) is 0 Å². The molecular weight excluding hydrogens is 432 g/mol. The third-order valence-electron chi connectivity index (χ3n) is 3.95. The minimum Gasteiger partial charge on any atom is -0.496 e. The zero-order valence-corrected chi connectivity index (χ0v) is 17.3. The number of ether oxygens (including phenoxy) is 2. The van der Waals surface area contributed by atoms with E-state index in [2.05, 4.69) is 43.8 Å². The Morgan fingerprint density at radius 3 is 2.27 bits per heavy atom. The second-order valence-electron chi connectivity index (χ2n) is 5.45. The number of hydrogen-bond acceptors (Lipinski definition) is 5. The highest BCUT2D eigenvalue weighted by atomic mass is 79.9. The van der Waals surface area contributed by atoms with Gasteiger partial charge in [-0.2, -0.15) is 0 Å². The Morgan fingerprint density at radius 1 is 0.962 bits per heavy atom. The number of methoxy groups -OCH3 is 2. The van der Waals surface area contributed by atoms with Crippen LogP contribution in [0.3, 0.4) is 0 Å². The predicted octanol–water partition coefficient (Wildman–Crippen LogP) is 6.31. The lowest BCUT2D eigenvalue weighted by Gasteiger charge is -2.10. The number of thiophene rings is 2. The highest BCUT2D eigenvalue weighted by Crippen LogP contribution is 2.41. The van der Waals surface area contributed by atoms with Gasteiger partial charge in [-0.25, -0.2) is 4.98 Å². The van der Waals surface area contributed by atoms with Gasteiger partial charge in [0.1, 0.15) is 23.0 Å². The maximum atomic E-state index is 5.57. The molecule has 0 aliphatic carbocycles. The number of rotatable bonds is 5. The van der Waals surface area contributed by atoms with E-state index < -0.39 is 0 Å². The molecule has 0 bridgehead atoms. The van der Waals surface area contributed by atoms with E-state index in [-0.39, 0.29) is 0 Å². The summed E-state index contributed by atoms with van der Waals surface area (Å²) in [4.78, 5) is 10.7. The van der Waals surface area contributed by atoms with Crippen molar-refractivity contribution in [2.45, 2.75) is 0 Å². The van der Waals surface area contributed by atoms with Crippen molar-refractivity contribution in [2.75, 3.05) is 14.2 Å². The van der Waals surface area contributed by atoms with E-state index in [1.807, 2.05) is 24.3 Å². The lowest BCUT2D eigenvalue weighted by atomic mass is 10.2. The highest BCUT2D eigenvalue weighted by molar-refractivity contribution is 9.10. The third-order valence-corrected chi connectivity index (χ3v) is 6.34. The fourth-order valence-electron chi connectivity index (χ4n) is 2.74. The van der Waals surface area contributed by atoms with Gasteiger partial charge >= 0.3 is 0 Å². The molecule has 0 unspecified atom stereocenters. The van der Waals surface area contributed by atoms with Crippen molar-refractivity contribution in [2.24, 2.45) is 0 Å². The molecule has 0 atom stereocenters. The number of halogens is 1. The first-order chi connectivity index (χ1) is 12.7. The van der Waals surface area contributed by atoms with Crippen LogP contribution in [0.1, 0.15) is 0 Å². The molecule has 3 aromatic heterocycles. The lowest BCUT2D eigenvalue weighted by molar-refractivity contribution is 0.393. The Bertz CT molecular complexity index is 973. The Hall–Kier alpha value is -2.09. The summed E-state index contributed by atoms with van der Waals surface area (Å²) in [6.45, 7) is 0. The highest BCUT2D eigenvalue weighted by Gasteiger charge is 2.20. The number of imidazole rings is 1. The summed E-state index contributed by atoms with van der Waals surface area (Å²) in [5.41, 5.74) is 2.85. The van der Waals surface area contributed by atoms with E-state index in [1.54, 1.807) is 36.9 Å². The molecule has 26 heavy (non-hydrogen) atoms. The van der Waals surface area contributed by atoms with E-state index in [9.17, 15) is 0 Å². The summed E-state index contributed by atoms with van der Waals surface area (Å²) in [5, 5.41) is 4.13. The van der Waals surface area contributed by atoms with Gasteiger partial charge in [-0.05, 0) is 44.9 Å². The molecule has 4 rings (SSSR count). The van der Waals surface area contributed by atoms with Crippen LogP contribution in [-0.2, 0) is 0 Å². The van der Waals surface area contributed by atoms with E-state index in [4.69, 9.17) is 14.5 Å². The second-order valence-corrected chi connectivity index (χ2v) is 8.20. The van der Waals surface area contributed by atoms with Crippen LogP contribution in [0.2, 0.25) is 0 Å². The van der Waals surface area contributed by atoms with E-state index in [0.717, 1.165) is 37.0 Å². The summed E-state index contributed by atoms with van der Waals surface area (Å²) in [7, 11) is 3.28. The first-order valence-corrected chi connectivity index (χ1v) is 10.4. The number of aromatic amines is 1. The topological polar surface area (TPSA) is 47.1 Å². The molecule has 0 saturated heterocycles. The van der Waals surface area contributed by atoms with Crippen LogP contribution in [0.25, 0.3) is 32.5 Å². The maximum Gasteiger partial charge on any atom is 0.142 e. The molecule has 7 heteroatoms. The van der Waals surface area contributed by atoms with Gasteiger partial charge in [0.15, 0.2) is 0 Å². The van der Waals surface area contributed by atoms with Crippen LogP contribution >= 0.6 is 38.6 Å². The zero-order valence-electron chi connectivity index (χ0n) is 14.1. The van der Waals surface area contributed by atoms with Gasteiger partial charge in [-0.3, -0.25) is 0 Å². The molecule has 0 radical (unpaired) electrons. The molecule has 0 saturated carbocycles. The SMILES string of the molecule is COc1cc(OC)c(-c2nc(-c3cccs3)c(-c3cccs3)[nH]2)cc1Br. The number of nitrogens with one attached hydrogen (secondary N) is 1. The molecule has 1 aromatic carbocycles. The first-order valence-electron chi connectivity index (χ1n) is 7.81. The Morgan fingerprint density at radius 2 is 1.65 bits per heavy atom. The molecule has 0 amide bonds. The molecule has 0 spiro atoms. The summed E-state index contributed by atoms with van der Waals surface area (Å²) in [6, 6.07) is 12.1. The third kappa shape index (κ3) is 3.06.